The van der Waals surface area contributed by atoms with E-state index in [1.165, 1.54) is 65.1 Å². The molecule has 87 heavy (non-hydrogen) atoms. The van der Waals surface area contributed by atoms with Gasteiger partial charge in [-0.1, -0.05) is 249 Å². The zero-order chi connectivity index (χ0) is 59.6. The molecule has 0 fully saturated rings. The van der Waals surface area contributed by atoms with Crippen LogP contribution in [0.1, 0.15) is 83.2 Å². The second-order valence-corrected chi connectivity index (χ2v) is 30.4. The molecule has 0 saturated carbocycles. The molecule has 0 bridgehead atoms. The summed E-state index contributed by atoms with van der Waals surface area (Å²) in [5.74, 6) is 0. The van der Waals surface area contributed by atoms with Crippen molar-refractivity contribution >= 4 is 118 Å². The van der Waals surface area contributed by atoms with E-state index in [0.29, 0.717) is 0 Å². The quantitative estimate of drug-likeness (QED) is 0.101. The number of fused-ring (bicyclic) bond motifs is 11. The maximum atomic E-state index is 7.31. The molecule has 0 spiro atoms. The van der Waals surface area contributed by atoms with Crippen molar-refractivity contribution in [2.75, 3.05) is 9.80 Å². The molecule has 4 nitrogen and oxygen atoms in total. The summed E-state index contributed by atoms with van der Waals surface area (Å²) in [6.45, 7) is 20.7. The van der Waals surface area contributed by atoms with Gasteiger partial charge in [0.15, 0.2) is 19.2 Å². The van der Waals surface area contributed by atoms with Gasteiger partial charge in [0.25, 0.3) is 0 Å². The molecule has 0 amide bonds. The number of para-hydroxylation sites is 2. The molecule has 0 unspecified atom stereocenters. The van der Waals surface area contributed by atoms with E-state index in [9.17, 15) is 0 Å². The number of aryl methyl sites for hydroxylation is 1. The third-order valence-corrected chi connectivity index (χ3v) is 23.5. The van der Waals surface area contributed by atoms with E-state index in [2.05, 4.69) is 333 Å². The zero-order valence-electron chi connectivity index (χ0n) is 51.0. The van der Waals surface area contributed by atoms with Crippen molar-refractivity contribution in [3.05, 3.63) is 289 Å². The maximum absolute atomic E-state index is 7.31. The predicted octanol–water partition coefficient (Wildman–Crippen LogP) is 20.2. The van der Waals surface area contributed by atoms with Gasteiger partial charge in [0.05, 0.1) is 17.1 Å². The van der Waals surface area contributed by atoms with Crippen LogP contribution in [0.15, 0.2) is 270 Å². The fourth-order valence-corrected chi connectivity index (χ4v) is 19.0. The maximum Gasteiger partial charge on any atom is 0.179 e. The molecular formula is C82H70N2O2Si. The minimum absolute atomic E-state index is 0.00241. The molecule has 0 aliphatic heterocycles. The van der Waals surface area contributed by atoms with Crippen LogP contribution >= 0.6 is 0 Å². The summed E-state index contributed by atoms with van der Waals surface area (Å²) in [5.41, 5.74) is 18.1. The summed E-state index contributed by atoms with van der Waals surface area (Å²) in [7, 11) is -2.85. The normalized spacial score (nSPS) is 13.2. The Morgan fingerprint density at radius 3 is 1.34 bits per heavy atom. The Kier molecular flexibility index (Phi) is 12.6. The summed E-state index contributed by atoms with van der Waals surface area (Å²) in [6, 6.07) is 97.3. The molecule has 1 aliphatic carbocycles. The van der Waals surface area contributed by atoms with Gasteiger partial charge >= 0.3 is 0 Å². The van der Waals surface area contributed by atoms with E-state index < -0.39 is 13.5 Å². The highest BCUT2D eigenvalue weighted by Crippen LogP contribution is 2.57. The molecule has 424 valence electrons. The van der Waals surface area contributed by atoms with Crippen molar-refractivity contribution in [1.82, 2.24) is 0 Å². The van der Waals surface area contributed by atoms with Crippen molar-refractivity contribution in [3.8, 4) is 11.1 Å². The lowest BCUT2D eigenvalue weighted by atomic mass is 9.81. The second kappa shape index (κ2) is 20.2. The van der Waals surface area contributed by atoms with E-state index in [4.69, 9.17) is 8.83 Å². The molecular weight excluding hydrogens is 1070 g/mol. The number of hydrogen-bond donors (Lipinski definition) is 0. The average molecular weight is 1140 g/mol. The van der Waals surface area contributed by atoms with E-state index in [1.807, 2.05) is 0 Å². The van der Waals surface area contributed by atoms with E-state index >= 15 is 0 Å². The van der Waals surface area contributed by atoms with Crippen LogP contribution in [0.3, 0.4) is 0 Å². The molecule has 2 aromatic heterocycles. The van der Waals surface area contributed by atoms with Gasteiger partial charge in [0.1, 0.15) is 11.2 Å². The van der Waals surface area contributed by atoms with Crippen molar-refractivity contribution in [2.24, 2.45) is 0 Å². The summed E-state index contributed by atoms with van der Waals surface area (Å²) >= 11 is 0. The minimum Gasteiger partial charge on any atom is -0.454 e. The van der Waals surface area contributed by atoms with Gasteiger partial charge < -0.3 is 18.6 Å². The van der Waals surface area contributed by atoms with Gasteiger partial charge in [-0.25, -0.2) is 0 Å². The molecule has 0 saturated heterocycles. The molecule has 0 radical (unpaired) electrons. The largest absolute Gasteiger partial charge is 0.454 e. The third-order valence-electron chi connectivity index (χ3n) is 18.8. The topological polar surface area (TPSA) is 32.8 Å². The number of anilines is 6. The van der Waals surface area contributed by atoms with Gasteiger partial charge in [0, 0.05) is 49.4 Å². The van der Waals surface area contributed by atoms with Gasteiger partial charge in [0.2, 0.25) is 0 Å². The summed E-state index contributed by atoms with van der Waals surface area (Å²) in [5, 5.41) is 12.1. The lowest BCUT2D eigenvalue weighted by Crippen LogP contribution is -2.74. The van der Waals surface area contributed by atoms with E-state index in [0.717, 1.165) is 83.4 Å². The Morgan fingerprint density at radius 2 is 0.805 bits per heavy atom. The smallest absolute Gasteiger partial charge is 0.179 e. The molecule has 0 atom stereocenters. The lowest BCUT2D eigenvalue weighted by Gasteiger charge is -2.34. The van der Waals surface area contributed by atoms with Gasteiger partial charge in [-0.05, 0) is 150 Å². The number of benzene rings is 12. The molecule has 14 aromatic rings. The third kappa shape index (κ3) is 8.68. The highest BCUT2D eigenvalue weighted by molar-refractivity contribution is 7.20. The fraction of sp³-hybridized carbons (Fsp3) is 0.146. The first-order chi connectivity index (χ1) is 42.1. The molecule has 5 heteroatoms. The number of furan rings is 2. The molecule has 12 aromatic carbocycles. The number of rotatable bonds is 10. The molecule has 2 heterocycles. The average Bonchev–Trinajstić information content (AvgIpc) is 2.02. The van der Waals surface area contributed by atoms with Crippen LogP contribution in [0.25, 0.3) is 65.8 Å². The Balaban J connectivity index is 0.924. The predicted molar refractivity (Wildman–Crippen MR) is 371 cm³/mol. The first-order valence-electron chi connectivity index (χ1n) is 30.6. The van der Waals surface area contributed by atoms with Crippen molar-refractivity contribution < 1.29 is 8.83 Å². The summed E-state index contributed by atoms with van der Waals surface area (Å²) in [4.78, 5) is 4.88. The zero-order valence-corrected chi connectivity index (χ0v) is 52.0. The second-order valence-electron chi connectivity index (χ2n) is 26.6. The van der Waals surface area contributed by atoms with Gasteiger partial charge in [-0.3, -0.25) is 0 Å². The fourth-order valence-electron chi connectivity index (χ4n) is 14.3. The molecule has 15 rings (SSSR count). The summed E-state index contributed by atoms with van der Waals surface area (Å²) in [6.07, 6.45) is 0. The Morgan fingerprint density at radius 1 is 0.345 bits per heavy atom. The van der Waals surface area contributed by atoms with Crippen LogP contribution in [0.5, 0.6) is 0 Å². The van der Waals surface area contributed by atoms with E-state index in [1.54, 1.807) is 0 Å². The first-order valence-corrected chi connectivity index (χ1v) is 32.6. The van der Waals surface area contributed by atoms with Crippen LogP contribution < -0.4 is 30.5 Å². The van der Waals surface area contributed by atoms with Crippen LogP contribution in [-0.2, 0) is 16.2 Å². The van der Waals surface area contributed by atoms with Crippen LogP contribution in [0.2, 0.25) is 0 Å². The SMILES string of the molecule is Cc1ccc2oc3c(N(c4ccc(C(C)(C)C)cc4)c4ccc5c(c4)C(C)(C)c4cc(N(c6ccc(C(C)(C)C)cc6)c6cccc7c6oc6ccc([Si](c8ccccc8)(c8ccccc8)c8ccccc8)cc67)c6ccccc6c4-5)cccc3c2c1. The highest BCUT2D eigenvalue weighted by atomic mass is 28.3. The highest BCUT2D eigenvalue weighted by Gasteiger charge is 2.43. The van der Waals surface area contributed by atoms with Gasteiger partial charge in [-0.15, -0.1) is 0 Å². The van der Waals surface area contributed by atoms with Crippen molar-refractivity contribution in [1.29, 1.82) is 0 Å². The van der Waals surface area contributed by atoms with Gasteiger partial charge in [-0.2, -0.15) is 0 Å². The van der Waals surface area contributed by atoms with E-state index in [-0.39, 0.29) is 10.8 Å². The Hall–Kier alpha value is -9.68. The van der Waals surface area contributed by atoms with Crippen molar-refractivity contribution in [3.63, 3.8) is 0 Å². The molecule has 1 aliphatic rings. The van der Waals surface area contributed by atoms with Crippen LogP contribution in [0, 0.1) is 6.92 Å². The number of nitrogens with zero attached hydrogens (tertiary/aromatic N) is 2. The Bertz CT molecular complexity index is 4870. The monoisotopic (exact) mass is 1140 g/mol. The van der Waals surface area contributed by atoms with Crippen LogP contribution in [0.4, 0.5) is 34.1 Å². The number of hydrogen-bond acceptors (Lipinski definition) is 4. The Labute approximate surface area is 511 Å². The van der Waals surface area contributed by atoms with Crippen LogP contribution in [-0.4, -0.2) is 8.07 Å². The minimum atomic E-state index is -2.85. The van der Waals surface area contributed by atoms with Crippen molar-refractivity contribution in [2.45, 2.75) is 78.6 Å². The summed E-state index contributed by atoms with van der Waals surface area (Å²) < 4.78 is 14.2. The molecule has 0 N–H and O–H groups in total. The first kappa shape index (κ1) is 54.0. The standard InChI is InChI=1S/C82H70N2O2Si/c1-53-35-47-75-68(49-53)65-31-21-33-72(78(65)85-75)83(56-40-36-54(37-41-56)80(2,3)4)58-44-46-67-70(50-58)82(8,9)71-52-74(63-29-19-20-30-64(63)77(67)71)84(57-42-38-55(39-43-57)81(5,6)7)73-34-22-32-66-69-51-62(45-48-76(69)86-79(66)73)87(59-23-13-10-14-24-59,60-25-15-11-16-26-60)61-27-17-12-18-28-61/h10-52H,1-9H3. The lowest BCUT2D eigenvalue weighted by molar-refractivity contribution is 0.590.